The number of guanidine groups is 1. The molecular weight excluding hydrogens is 340 g/mol. The van der Waals surface area contributed by atoms with Crippen molar-refractivity contribution in [2.24, 2.45) is 5.92 Å². The molecule has 1 aliphatic heterocycles. The van der Waals surface area contributed by atoms with Crippen LogP contribution in [0.5, 0.6) is 0 Å². The summed E-state index contributed by atoms with van der Waals surface area (Å²) in [5, 5.41) is 14.8. The van der Waals surface area contributed by atoms with Gasteiger partial charge in [0.15, 0.2) is 5.96 Å². The van der Waals surface area contributed by atoms with Crippen LogP contribution in [-0.2, 0) is 9.59 Å². The summed E-state index contributed by atoms with van der Waals surface area (Å²) in [6.45, 7) is 5.77. The number of amides is 1. The van der Waals surface area contributed by atoms with Gasteiger partial charge in [-0.3, -0.25) is 10.2 Å². The first kappa shape index (κ1) is 21.7. The summed E-state index contributed by atoms with van der Waals surface area (Å²) in [5.74, 6) is 1.17. The van der Waals surface area contributed by atoms with E-state index < -0.39 is 5.54 Å². The van der Waals surface area contributed by atoms with E-state index in [2.05, 4.69) is 24.5 Å². The molecule has 3 N–H and O–H groups in total. The van der Waals surface area contributed by atoms with Gasteiger partial charge in [-0.15, -0.1) is 0 Å². The minimum atomic E-state index is -0.628. The van der Waals surface area contributed by atoms with E-state index >= 15 is 0 Å². The van der Waals surface area contributed by atoms with Crippen LogP contribution in [0.15, 0.2) is 0 Å². The molecule has 0 spiro atoms. The van der Waals surface area contributed by atoms with E-state index in [1.54, 1.807) is 0 Å². The van der Waals surface area contributed by atoms with Crippen molar-refractivity contribution in [2.75, 3.05) is 13.1 Å². The topological polar surface area (TPSA) is 85.3 Å². The molecule has 1 saturated carbocycles. The predicted octanol–water partition coefficient (Wildman–Crippen LogP) is 3.21. The van der Waals surface area contributed by atoms with Crippen molar-refractivity contribution in [1.29, 1.82) is 5.41 Å². The number of carbonyl (C=O) groups is 2. The number of hydrogen-bond donors (Lipinski definition) is 3. The second kappa shape index (κ2) is 10.7. The first-order valence-corrected chi connectivity index (χ1v) is 10.9. The monoisotopic (exact) mass is 378 g/mol. The van der Waals surface area contributed by atoms with Crippen LogP contribution < -0.4 is 10.6 Å². The van der Waals surface area contributed by atoms with Gasteiger partial charge >= 0.3 is 0 Å². The Bertz CT molecular complexity index is 488. The molecule has 0 aromatic heterocycles. The number of aldehydes is 1. The van der Waals surface area contributed by atoms with Crippen LogP contribution in [0, 0.1) is 11.3 Å². The molecule has 6 nitrogen and oxygen atoms in total. The molecule has 0 bridgehead atoms. The molecule has 1 aliphatic carbocycles. The zero-order valence-corrected chi connectivity index (χ0v) is 17.2. The Hall–Kier alpha value is -1.59. The SMILES string of the molecule is CCCCC(C=O)(CCCC)NC(=N)NC1CCN(C(=O)CC2CC2)CC1. The minimum Gasteiger partial charge on any atom is -0.354 e. The van der Waals surface area contributed by atoms with E-state index in [9.17, 15) is 9.59 Å². The lowest BCUT2D eigenvalue weighted by molar-refractivity contribution is -0.132. The number of nitrogens with one attached hydrogen (secondary N) is 3. The molecule has 0 aromatic carbocycles. The molecule has 2 rings (SSSR count). The highest BCUT2D eigenvalue weighted by Crippen LogP contribution is 2.33. The molecule has 0 aromatic rings. The van der Waals surface area contributed by atoms with Crippen molar-refractivity contribution in [3.8, 4) is 0 Å². The Morgan fingerprint density at radius 2 is 1.70 bits per heavy atom. The summed E-state index contributed by atoms with van der Waals surface area (Å²) < 4.78 is 0. The molecule has 6 heteroatoms. The van der Waals surface area contributed by atoms with Crippen LogP contribution in [0.3, 0.4) is 0 Å². The Balaban J connectivity index is 1.78. The van der Waals surface area contributed by atoms with Gasteiger partial charge in [0.25, 0.3) is 0 Å². The zero-order valence-electron chi connectivity index (χ0n) is 17.2. The standard InChI is InChI=1S/C21H38N4O2/c1-3-5-11-21(16-26,12-6-4-2)24-20(22)23-18-9-13-25(14-10-18)19(27)15-17-7-8-17/h16-18H,3-15H2,1-2H3,(H3,22,23,24). The van der Waals surface area contributed by atoms with Crippen LogP contribution in [0.2, 0.25) is 0 Å². The minimum absolute atomic E-state index is 0.191. The number of rotatable bonds is 11. The van der Waals surface area contributed by atoms with Crippen LogP contribution in [0.1, 0.15) is 84.5 Å². The zero-order chi connectivity index (χ0) is 19.7. The van der Waals surface area contributed by atoms with E-state index in [4.69, 9.17) is 5.41 Å². The Kier molecular flexibility index (Phi) is 8.58. The Labute approximate surface area is 164 Å². The van der Waals surface area contributed by atoms with Crippen molar-refractivity contribution in [2.45, 2.75) is 96.1 Å². The van der Waals surface area contributed by atoms with E-state index in [0.29, 0.717) is 18.2 Å². The molecular formula is C21H38N4O2. The molecule has 1 heterocycles. The molecule has 154 valence electrons. The van der Waals surface area contributed by atoms with E-state index in [-0.39, 0.29) is 12.0 Å². The number of likely N-dealkylation sites (tertiary alicyclic amines) is 1. The summed E-state index contributed by atoms with van der Waals surface area (Å²) in [4.78, 5) is 26.0. The third-order valence-electron chi connectivity index (χ3n) is 5.91. The molecule has 2 aliphatic rings. The highest BCUT2D eigenvalue weighted by Gasteiger charge is 2.31. The lowest BCUT2D eigenvalue weighted by Crippen LogP contribution is -2.57. The first-order valence-electron chi connectivity index (χ1n) is 10.9. The van der Waals surface area contributed by atoms with Gasteiger partial charge in [-0.1, -0.05) is 39.5 Å². The molecule has 0 atom stereocenters. The maximum Gasteiger partial charge on any atom is 0.222 e. The molecule has 27 heavy (non-hydrogen) atoms. The number of piperidine rings is 1. The number of carbonyl (C=O) groups excluding carboxylic acids is 2. The van der Waals surface area contributed by atoms with Crippen LogP contribution >= 0.6 is 0 Å². The normalized spacial score (nSPS) is 18.2. The van der Waals surface area contributed by atoms with Crippen molar-refractivity contribution in [1.82, 2.24) is 15.5 Å². The quantitative estimate of drug-likeness (QED) is 0.293. The molecule has 0 radical (unpaired) electrons. The summed E-state index contributed by atoms with van der Waals surface area (Å²) in [7, 11) is 0. The van der Waals surface area contributed by atoms with Gasteiger partial charge in [-0.25, -0.2) is 0 Å². The van der Waals surface area contributed by atoms with Gasteiger partial charge < -0.3 is 20.3 Å². The highest BCUT2D eigenvalue weighted by molar-refractivity contribution is 5.82. The second-order valence-electron chi connectivity index (χ2n) is 8.43. The highest BCUT2D eigenvalue weighted by atomic mass is 16.2. The lowest BCUT2D eigenvalue weighted by atomic mass is 9.88. The third-order valence-corrected chi connectivity index (χ3v) is 5.91. The summed E-state index contributed by atoms with van der Waals surface area (Å²) >= 11 is 0. The van der Waals surface area contributed by atoms with Crippen LogP contribution in [0.25, 0.3) is 0 Å². The van der Waals surface area contributed by atoms with Crippen molar-refractivity contribution in [3.63, 3.8) is 0 Å². The van der Waals surface area contributed by atoms with E-state index in [1.165, 1.54) is 12.8 Å². The Morgan fingerprint density at radius 3 is 2.19 bits per heavy atom. The van der Waals surface area contributed by atoms with E-state index in [1.807, 2.05) is 4.90 Å². The van der Waals surface area contributed by atoms with Crippen molar-refractivity contribution < 1.29 is 9.59 Å². The van der Waals surface area contributed by atoms with Crippen molar-refractivity contribution in [3.05, 3.63) is 0 Å². The van der Waals surface area contributed by atoms with Gasteiger partial charge in [-0.05, 0) is 44.4 Å². The van der Waals surface area contributed by atoms with Gasteiger partial charge in [0.1, 0.15) is 6.29 Å². The van der Waals surface area contributed by atoms with Gasteiger partial charge in [-0.2, -0.15) is 0 Å². The van der Waals surface area contributed by atoms with Gasteiger partial charge in [0.2, 0.25) is 5.91 Å². The predicted molar refractivity (Wildman–Crippen MR) is 109 cm³/mol. The summed E-state index contributed by atoms with van der Waals surface area (Å²) in [5.41, 5.74) is -0.628. The molecule has 1 saturated heterocycles. The number of hydrogen-bond acceptors (Lipinski definition) is 3. The van der Waals surface area contributed by atoms with E-state index in [0.717, 1.165) is 70.7 Å². The maximum atomic E-state index is 12.2. The smallest absolute Gasteiger partial charge is 0.222 e. The molecule has 2 fully saturated rings. The largest absolute Gasteiger partial charge is 0.354 e. The second-order valence-corrected chi connectivity index (χ2v) is 8.43. The summed E-state index contributed by atoms with van der Waals surface area (Å²) in [6, 6.07) is 0.191. The fraction of sp³-hybridized carbons (Fsp3) is 0.857. The fourth-order valence-corrected chi connectivity index (χ4v) is 3.84. The van der Waals surface area contributed by atoms with Crippen LogP contribution in [0.4, 0.5) is 0 Å². The fourth-order valence-electron chi connectivity index (χ4n) is 3.84. The van der Waals surface area contributed by atoms with Crippen molar-refractivity contribution >= 4 is 18.2 Å². The Morgan fingerprint density at radius 1 is 1.11 bits per heavy atom. The molecule has 0 unspecified atom stereocenters. The number of nitrogens with zero attached hydrogens (tertiary/aromatic N) is 1. The van der Waals surface area contributed by atoms with Gasteiger partial charge in [0, 0.05) is 25.6 Å². The average molecular weight is 379 g/mol. The molecule has 1 amide bonds. The van der Waals surface area contributed by atoms with Crippen LogP contribution in [-0.4, -0.2) is 47.7 Å². The third kappa shape index (κ3) is 7.15. The van der Waals surface area contributed by atoms with Gasteiger partial charge in [0.05, 0.1) is 5.54 Å². The lowest BCUT2D eigenvalue weighted by Gasteiger charge is -2.35. The summed E-state index contributed by atoms with van der Waals surface area (Å²) in [6.07, 6.45) is 11.4. The number of unbranched alkanes of at least 4 members (excludes halogenated alkanes) is 2. The average Bonchev–Trinajstić information content (AvgIpc) is 3.48. The maximum absolute atomic E-state index is 12.2. The first-order chi connectivity index (χ1) is 13.0.